The number of hydrogen-bond donors (Lipinski definition) is 0. The number of benzene rings is 9. The van der Waals surface area contributed by atoms with Crippen LogP contribution in [0.4, 0.5) is 34.3 Å². The summed E-state index contributed by atoms with van der Waals surface area (Å²) in [6.45, 7) is 34.2. The summed E-state index contributed by atoms with van der Waals surface area (Å²) in [7, 11) is 0. The normalized spacial score (nSPS) is 13.0. The number of aromatic nitrogens is 3. The van der Waals surface area contributed by atoms with Crippen LogP contribution in [0.25, 0.3) is 55.8 Å². The summed E-state index contributed by atoms with van der Waals surface area (Å²) in [5.41, 5.74) is 20.8. The maximum absolute atomic E-state index is 7.45. The minimum atomic E-state index is -0.410. The minimum absolute atomic E-state index is 0.0152. The monoisotopic (exact) mass is 1320 g/mol. The molecule has 12 rings (SSSR count). The van der Waals surface area contributed by atoms with E-state index >= 15 is 0 Å². The van der Waals surface area contributed by atoms with Gasteiger partial charge >= 0.3 is 348 Å². The van der Waals surface area contributed by atoms with Gasteiger partial charge in [-0.2, -0.15) is 0 Å². The van der Waals surface area contributed by atoms with Crippen molar-refractivity contribution in [1.82, 2.24) is 14.1 Å². The van der Waals surface area contributed by atoms with E-state index in [0.29, 0.717) is 11.5 Å². The van der Waals surface area contributed by atoms with Gasteiger partial charge in [-0.3, -0.25) is 0 Å². The van der Waals surface area contributed by atoms with Gasteiger partial charge in [0.25, 0.3) is 0 Å². The number of hydrogen-bond acceptors (Lipinski definition) is 4. The molecular formula is C80H79N5OPt-2. The first kappa shape index (κ1) is 59.0. The van der Waals surface area contributed by atoms with E-state index < -0.39 is 5.41 Å². The van der Waals surface area contributed by atoms with Crippen molar-refractivity contribution in [3.63, 3.8) is 0 Å². The molecule has 0 saturated carbocycles. The topological polar surface area (TPSA) is 38.5 Å². The Balaban J connectivity index is 1.10. The first-order valence-corrected chi connectivity index (χ1v) is 31.6. The molecule has 442 valence electrons. The molecule has 2 aromatic heterocycles. The molecule has 0 saturated heterocycles. The van der Waals surface area contributed by atoms with Gasteiger partial charge < -0.3 is 4.90 Å². The molecule has 9 aromatic carbocycles. The Morgan fingerprint density at radius 2 is 0.943 bits per heavy atom. The van der Waals surface area contributed by atoms with Crippen LogP contribution in [0.3, 0.4) is 0 Å². The van der Waals surface area contributed by atoms with Crippen LogP contribution in [0.5, 0.6) is 11.5 Å². The third kappa shape index (κ3) is 11.4. The number of pyridine rings is 1. The summed E-state index contributed by atoms with van der Waals surface area (Å²) in [6, 6.07) is 81.1. The maximum atomic E-state index is 7.45. The van der Waals surface area contributed by atoms with Crippen molar-refractivity contribution in [2.45, 2.75) is 131 Å². The second-order valence-electron chi connectivity index (χ2n) is 28.4. The van der Waals surface area contributed by atoms with Crippen molar-refractivity contribution < 1.29 is 24.1 Å². The molecule has 1 aliphatic heterocycles. The van der Waals surface area contributed by atoms with Gasteiger partial charge in [-0.15, -0.1) is 0 Å². The summed E-state index contributed by atoms with van der Waals surface area (Å²) in [5.74, 6) is 1.96. The summed E-state index contributed by atoms with van der Waals surface area (Å²) < 4.78 is 13.2. The molecule has 0 radical (unpaired) electrons. The standard InChI is InChI=1S/C80H79N5O.Pt/c1-76(2,3)55-37-39-59(40-38-55)84-68-33-22-19-30-63(68)64-31-20-24-35-70(64)85(75-48-56(42-43-81-75)77(4,5)6)72-51-74(67(80(13,14)15)50-66(72)65-32-21-23-34-69(65)84)86-62-29-25-28-60(49-62)82-52-83(61-46-57(78(7,8)9)45-58(47-61)79(10,11)12)73-44-54(36-41-71(73)82)53-26-17-16-18-27-53;/h16-48,50H,1-15H3;/q-2;. The Bertz CT molecular complexity index is 4440. The summed E-state index contributed by atoms with van der Waals surface area (Å²) in [6.07, 6.45) is 1.95. The Labute approximate surface area is 527 Å². The van der Waals surface area contributed by atoms with Crippen LogP contribution >= 0.6 is 0 Å². The number of anilines is 6. The van der Waals surface area contributed by atoms with Crippen LogP contribution in [0.2, 0.25) is 0 Å². The first-order valence-electron chi connectivity index (χ1n) is 30.4. The molecule has 7 heteroatoms. The average Bonchev–Trinajstić information content (AvgIpc) is 2.12. The van der Waals surface area contributed by atoms with Crippen LogP contribution in [-0.4, -0.2) is 14.1 Å². The molecule has 0 atom stereocenters. The molecule has 0 N–H and O–H groups in total. The fraction of sp³-hybridized carbons (Fsp3) is 0.250. The summed E-state index contributed by atoms with van der Waals surface area (Å²) >= 11 is 2.53. The van der Waals surface area contributed by atoms with Crippen molar-refractivity contribution in [2.24, 2.45) is 0 Å². The van der Waals surface area contributed by atoms with Crippen molar-refractivity contribution in [1.29, 1.82) is 0 Å². The average molecular weight is 1320 g/mol. The molecule has 87 heavy (non-hydrogen) atoms. The molecule has 0 aliphatic carbocycles. The van der Waals surface area contributed by atoms with Crippen LogP contribution in [0.15, 0.2) is 206 Å². The van der Waals surface area contributed by atoms with Gasteiger partial charge in [-0.1, -0.05) is 102 Å². The fourth-order valence-electron chi connectivity index (χ4n) is 11.9. The zero-order valence-corrected chi connectivity index (χ0v) is 55.4. The van der Waals surface area contributed by atoms with E-state index in [-0.39, 0.29) is 21.7 Å². The molecule has 1 aliphatic rings. The van der Waals surface area contributed by atoms with Crippen LogP contribution < -0.4 is 14.5 Å². The fourth-order valence-corrected chi connectivity index (χ4v) is 13.0. The van der Waals surface area contributed by atoms with E-state index in [1.807, 2.05) is 12.3 Å². The Kier molecular flexibility index (Phi) is 15.0. The van der Waals surface area contributed by atoms with Gasteiger partial charge in [-0.05, 0) is 52.3 Å². The van der Waals surface area contributed by atoms with Gasteiger partial charge in [-0.25, -0.2) is 0 Å². The molecule has 0 spiro atoms. The molecular weight excluding hydrogens is 1240 g/mol. The number of imidazole rings is 1. The van der Waals surface area contributed by atoms with E-state index in [1.54, 1.807) is 0 Å². The van der Waals surface area contributed by atoms with E-state index in [1.165, 1.54) is 27.8 Å². The van der Waals surface area contributed by atoms with Crippen LogP contribution in [-0.2, 0) is 46.4 Å². The smallest absolute Gasteiger partial charge is 0.0615 e. The van der Waals surface area contributed by atoms with Crippen molar-refractivity contribution in [2.75, 3.05) is 9.80 Å². The van der Waals surface area contributed by atoms with E-state index in [9.17, 15) is 0 Å². The predicted octanol–water partition coefficient (Wildman–Crippen LogP) is 22.0. The second-order valence-corrected chi connectivity index (χ2v) is 29.5. The molecule has 11 aromatic rings. The molecule has 0 unspecified atom stereocenters. The minimum Gasteiger partial charge on any atom is -0.0615 e. The van der Waals surface area contributed by atoms with E-state index in [2.05, 4.69) is 348 Å². The SMILES string of the molecule is CC(C)(C)c1ccc(N2c3ccccc3-c3cc(C(C)(C)C)c(Oc4[c-]c(-n5[c](=[Pt])n(-c6cc(C(C)(C)C)cc(C(C)(C)C)c6)c6cc(-c7ccccc7)ccc65)ccc4)[c-]c3N(c3cc(C(C)(C)C)ccn3)c3ccccc3-c3ccccc32)cc1. The van der Waals surface area contributed by atoms with Crippen LogP contribution in [0.1, 0.15) is 132 Å². The predicted molar refractivity (Wildman–Crippen MR) is 361 cm³/mol. The zero-order chi connectivity index (χ0) is 61.5. The van der Waals surface area contributed by atoms with Gasteiger partial charge in [0.05, 0.1) is 5.69 Å². The molecule has 3 heterocycles. The molecule has 0 amide bonds. The number of para-hydroxylation sites is 3. The quantitative estimate of drug-likeness (QED) is 0.149. The zero-order valence-electron chi connectivity index (χ0n) is 53.1. The number of ether oxygens (including phenoxy) is 1. The van der Waals surface area contributed by atoms with Crippen molar-refractivity contribution >= 4 is 45.3 Å². The van der Waals surface area contributed by atoms with E-state index in [4.69, 9.17) is 9.72 Å². The summed E-state index contributed by atoms with van der Waals surface area (Å²) in [4.78, 5) is 10.0. The second kappa shape index (κ2) is 22.1. The third-order valence-corrected chi connectivity index (χ3v) is 17.9. The molecule has 0 bridgehead atoms. The van der Waals surface area contributed by atoms with E-state index in [0.717, 1.165) is 93.8 Å². The number of rotatable bonds is 7. The van der Waals surface area contributed by atoms with Crippen LogP contribution in [0, 0.1) is 15.9 Å². The number of fused-ring (bicyclic) bond motifs is 7. The Hall–Kier alpha value is -8.31. The Morgan fingerprint density at radius 3 is 1.52 bits per heavy atom. The van der Waals surface area contributed by atoms with Crippen molar-refractivity contribution in [3.05, 3.63) is 250 Å². The molecule has 6 nitrogen and oxygen atoms in total. The summed E-state index contributed by atoms with van der Waals surface area (Å²) in [5, 5.41) is 0. The Morgan fingerprint density at radius 1 is 0.391 bits per heavy atom. The van der Waals surface area contributed by atoms with Gasteiger partial charge in [0.1, 0.15) is 0 Å². The third-order valence-electron chi connectivity index (χ3n) is 16.9. The number of nitrogens with zero attached hydrogens (tertiary/aromatic N) is 5. The molecule has 0 fully saturated rings. The van der Waals surface area contributed by atoms with Gasteiger partial charge in [0.2, 0.25) is 0 Å². The van der Waals surface area contributed by atoms with Crippen molar-refractivity contribution in [3.8, 4) is 56.3 Å². The van der Waals surface area contributed by atoms with Gasteiger partial charge in [0.15, 0.2) is 0 Å². The first-order chi connectivity index (χ1) is 41.2. The van der Waals surface area contributed by atoms with Gasteiger partial charge in [0, 0.05) is 17.4 Å².